The normalized spacial score (nSPS) is 9.33. The van der Waals surface area contributed by atoms with E-state index in [4.69, 9.17) is 0 Å². The SMILES string of the molecule is c1ccc(Sc2ccccc2)cc1.c1nc[nH]n1. The molecule has 0 fully saturated rings. The fourth-order valence-electron chi connectivity index (χ4n) is 1.28. The molecule has 1 N–H and O–H groups in total. The Balaban J connectivity index is 0.000000202. The van der Waals surface area contributed by atoms with Crippen LogP contribution >= 0.6 is 11.8 Å². The molecule has 3 aromatic rings. The van der Waals surface area contributed by atoms with Gasteiger partial charge in [0.2, 0.25) is 0 Å². The molecular weight excluding hydrogens is 242 g/mol. The summed E-state index contributed by atoms with van der Waals surface area (Å²) in [5.41, 5.74) is 0. The summed E-state index contributed by atoms with van der Waals surface area (Å²) in [7, 11) is 0. The first-order valence-corrected chi connectivity index (χ1v) is 6.33. The first-order chi connectivity index (χ1) is 8.95. The van der Waals surface area contributed by atoms with Gasteiger partial charge >= 0.3 is 0 Å². The standard InChI is InChI=1S/C12H10S.C2H3N3/c1-3-7-11(8-4-1)13-12-9-5-2-6-10-12;1-3-2-5-4-1/h1-10H;1-2H,(H,3,4,5). The van der Waals surface area contributed by atoms with Crippen LogP contribution in [0.3, 0.4) is 0 Å². The molecule has 0 atom stereocenters. The molecular formula is C14H13N3S. The summed E-state index contributed by atoms with van der Waals surface area (Å²) in [5, 5.41) is 5.99. The summed E-state index contributed by atoms with van der Waals surface area (Å²) in [6.07, 6.45) is 2.96. The summed E-state index contributed by atoms with van der Waals surface area (Å²) >= 11 is 1.79. The second-order valence-corrected chi connectivity index (χ2v) is 4.53. The molecule has 3 rings (SSSR count). The zero-order valence-electron chi connectivity index (χ0n) is 9.73. The van der Waals surface area contributed by atoms with Gasteiger partial charge in [-0.25, -0.2) is 4.98 Å². The quantitative estimate of drug-likeness (QED) is 0.760. The average Bonchev–Trinajstić information content (AvgIpc) is 3.00. The lowest BCUT2D eigenvalue weighted by atomic mass is 10.4. The molecule has 0 aliphatic carbocycles. The minimum Gasteiger partial charge on any atom is -0.266 e. The molecule has 0 unspecified atom stereocenters. The molecule has 18 heavy (non-hydrogen) atoms. The van der Waals surface area contributed by atoms with Crippen molar-refractivity contribution in [1.29, 1.82) is 0 Å². The Morgan fingerprint density at radius 3 is 1.67 bits per heavy atom. The van der Waals surface area contributed by atoms with Crippen LogP contribution in [-0.4, -0.2) is 15.2 Å². The van der Waals surface area contributed by atoms with Crippen molar-refractivity contribution in [2.45, 2.75) is 9.79 Å². The summed E-state index contributed by atoms with van der Waals surface area (Å²) < 4.78 is 0. The third-order valence-corrected chi connectivity index (χ3v) is 3.07. The highest BCUT2D eigenvalue weighted by molar-refractivity contribution is 7.99. The smallest absolute Gasteiger partial charge is 0.137 e. The predicted octanol–water partition coefficient (Wildman–Crippen LogP) is 3.64. The fraction of sp³-hybridized carbons (Fsp3) is 0. The number of hydrogen-bond acceptors (Lipinski definition) is 3. The molecule has 1 aromatic heterocycles. The molecule has 3 nitrogen and oxygen atoms in total. The largest absolute Gasteiger partial charge is 0.266 e. The summed E-state index contributed by atoms with van der Waals surface area (Å²) in [6.45, 7) is 0. The van der Waals surface area contributed by atoms with Gasteiger partial charge in [0, 0.05) is 9.79 Å². The van der Waals surface area contributed by atoms with Crippen molar-refractivity contribution in [2.75, 3.05) is 0 Å². The second kappa shape index (κ2) is 7.29. The van der Waals surface area contributed by atoms with Crippen LogP contribution in [-0.2, 0) is 0 Å². The molecule has 90 valence electrons. The summed E-state index contributed by atoms with van der Waals surface area (Å²) in [4.78, 5) is 6.13. The van der Waals surface area contributed by atoms with Gasteiger partial charge in [-0.05, 0) is 24.3 Å². The van der Waals surface area contributed by atoms with E-state index in [2.05, 4.69) is 63.7 Å². The highest BCUT2D eigenvalue weighted by Gasteiger charge is 1.93. The lowest BCUT2D eigenvalue weighted by Gasteiger charge is -1.99. The molecule has 0 radical (unpaired) electrons. The van der Waals surface area contributed by atoms with Gasteiger partial charge < -0.3 is 0 Å². The minimum atomic E-state index is 1.29. The van der Waals surface area contributed by atoms with Crippen LogP contribution in [0.4, 0.5) is 0 Å². The Morgan fingerprint density at radius 1 is 0.778 bits per heavy atom. The molecule has 0 saturated heterocycles. The van der Waals surface area contributed by atoms with Crippen LogP contribution in [0, 0.1) is 0 Å². The van der Waals surface area contributed by atoms with Crippen molar-refractivity contribution < 1.29 is 0 Å². The van der Waals surface area contributed by atoms with Crippen LogP contribution in [0.1, 0.15) is 0 Å². The van der Waals surface area contributed by atoms with Crippen molar-refractivity contribution in [2.24, 2.45) is 0 Å². The van der Waals surface area contributed by atoms with Gasteiger partial charge in [-0.1, -0.05) is 48.2 Å². The van der Waals surface area contributed by atoms with Gasteiger partial charge in [0.25, 0.3) is 0 Å². The molecule has 0 aliphatic heterocycles. The second-order valence-electron chi connectivity index (χ2n) is 3.38. The molecule has 0 amide bonds. The van der Waals surface area contributed by atoms with Crippen molar-refractivity contribution in [3.63, 3.8) is 0 Å². The number of rotatable bonds is 2. The van der Waals surface area contributed by atoms with E-state index >= 15 is 0 Å². The maximum Gasteiger partial charge on any atom is 0.137 e. The van der Waals surface area contributed by atoms with E-state index in [1.807, 2.05) is 12.1 Å². The average molecular weight is 255 g/mol. The maximum atomic E-state index is 3.56. The van der Waals surface area contributed by atoms with Crippen molar-refractivity contribution in [1.82, 2.24) is 15.2 Å². The topological polar surface area (TPSA) is 41.6 Å². The van der Waals surface area contributed by atoms with Crippen LogP contribution in [0.2, 0.25) is 0 Å². The van der Waals surface area contributed by atoms with Crippen LogP contribution in [0.15, 0.2) is 83.1 Å². The van der Waals surface area contributed by atoms with Gasteiger partial charge in [-0.3, -0.25) is 5.10 Å². The summed E-state index contributed by atoms with van der Waals surface area (Å²) in [5.74, 6) is 0. The number of hydrogen-bond donors (Lipinski definition) is 1. The van der Waals surface area contributed by atoms with Crippen LogP contribution < -0.4 is 0 Å². The zero-order chi connectivity index (χ0) is 12.5. The number of aromatic amines is 1. The van der Waals surface area contributed by atoms with Crippen LogP contribution in [0.5, 0.6) is 0 Å². The molecule has 0 bridgehead atoms. The molecule has 2 aromatic carbocycles. The highest BCUT2D eigenvalue weighted by atomic mass is 32.2. The van der Waals surface area contributed by atoms with E-state index in [0.29, 0.717) is 0 Å². The Bertz CT molecular complexity index is 469. The van der Waals surface area contributed by atoms with Gasteiger partial charge in [0.1, 0.15) is 12.7 Å². The van der Waals surface area contributed by atoms with Crippen molar-refractivity contribution >= 4 is 11.8 Å². The summed E-state index contributed by atoms with van der Waals surface area (Å²) in [6, 6.07) is 20.8. The van der Waals surface area contributed by atoms with E-state index in [0.717, 1.165) is 0 Å². The van der Waals surface area contributed by atoms with Gasteiger partial charge in [0.05, 0.1) is 0 Å². The predicted molar refractivity (Wildman–Crippen MR) is 73.4 cm³/mol. The van der Waals surface area contributed by atoms with E-state index in [-0.39, 0.29) is 0 Å². The highest BCUT2D eigenvalue weighted by Crippen LogP contribution is 2.26. The maximum absolute atomic E-state index is 3.56. The Morgan fingerprint density at radius 2 is 1.33 bits per heavy atom. The minimum absolute atomic E-state index is 1.29. The van der Waals surface area contributed by atoms with Gasteiger partial charge in [0.15, 0.2) is 0 Å². The number of benzene rings is 2. The number of nitrogens with one attached hydrogen (secondary N) is 1. The Hall–Kier alpha value is -2.07. The monoisotopic (exact) mass is 255 g/mol. The fourth-order valence-corrected chi connectivity index (χ4v) is 2.14. The first kappa shape index (κ1) is 12.4. The lowest BCUT2D eigenvalue weighted by Crippen LogP contribution is -1.70. The van der Waals surface area contributed by atoms with E-state index in [1.165, 1.54) is 22.4 Å². The number of H-pyrrole nitrogens is 1. The third-order valence-electron chi connectivity index (χ3n) is 2.05. The molecule has 0 aliphatic rings. The first-order valence-electron chi connectivity index (χ1n) is 5.52. The van der Waals surface area contributed by atoms with E-state index in [9.17, 15) is 0 Å². The molecule has 0 saturated carbocycles. The molecule has 4 heteroatoms. The number of aromatic nitrogens is 3. The molecule has 0 spiro atoms. The molecule has 1 heterocycles. The van der Waals surface area contributed by atoms with E-state index < -0.39 is 0 Å². The van der Waals surface area contributed by atoms with Crippen molar-refractivity contribution in [3.8, 4) is 0 Å². The van der Waals surface area contributed by atoms with E-state index in [1.54, 1.807) is 11.8 Å². The van der Waals surface area contributed by atoms with Crippen molar-refractivity contribution in [3.05, 3.63) is 73.3 Å². The zero-order valence-corrected chi connectivity index (χ0v) is 10.5. The van der Waals surface area contributed by atoms with Gasteiger partial charge in [-0.2, -0.15) is 5.10 Å². The number of nitrogens with zero attached hydrogens (tertiary/aromatic N) is 2. The van der Waals surface area contributed by atoms with Gasteiger partial charge in [-0.15, -0.1) is 0 Å². The lowest BCUT2D eigenvalue weighted by molar-refractivity contribution is 1.09. The van der Waals surface area contributed by atoms with Crippen LogP contribution in [0.25, 0.3) is 0 Å². The Labute approximate surface area is 110 Å². The third kappa shape index (κ3) is 4.43. The Kier molecular flexibility index (Phi) is 5.02.